The molecule has 4 rings (SSSR count). The van der Waals surface area contributed by atoms with E-state index < -0.39 is 0 Å². The van der Waals surface area contributed by atoms with Crippen LogP contribution in [0.25, 0.3) is 0 Å². The van der Waals surface area contributed by atoms with Gasteiger partial charge in [-0.2, -0.15) is 0 Å². The van der Waals surface area contributed by atoms with Crippen LogP contribution in [0.3, 0.4) is 0 Å². The van der Waals surface area contributed by atoms with Crippen LogP contribution in [0.2, 0.25) is 0 Å². The largest absolute Gasteiger partial charge is 0.355 e. The molecule has 1 heterocycles. The van der Waals surface area contributed by atoms with E-state index in [-0.39, 0.29) is 0 Å². The lowest BCUT2D eigenvalue weighted by atomic mass is 9.92. The molecule has 2 N–H and O–H groups in total. The molecule has 2 atom stereocenters. The fraction of sp³-hybridized carbons (Fsp3) is 0.278. The number of hydrogen-bond donors (Lipinski definition) is 2. The van der Waals surface area contributed by atoms with Gasteiger partial charge in [0.25, 0.3) is 0 Å². The third-order valence-electron chi connectivity index (χ3n) is 4.43. The summed E-state index contributed by atoms with van der Waals surface area (Å²) < 4.78 is 0. The van der Waals surface area contributed by atoms with E-state index >= 15 is 0 Å². The van der Waals surface area contributed by atoms with Gasteiger partial charge in [0.05, 0.1) is 12.6 Å². The van der Waals surface area contributed by atoms with E-state index in [1.54, 1.807) is 0 Å². The first-order valence-corrected chi connectivity index (χ1v) is 7.59. The molecule has 0 aromatic heterocycles. The molecule has 2 aliphatic rings. The second-order valence-electron chi connectivity index (χ2n) is 5.70. The van der Waals surface area contributed by atoms with Gasteiger partial charge in [-0.05, 0) is 23.1 Å². The van der Waals surface area contributed by atoms with Crippen molar-refractivity contribution >= 4 is 5.96 Å². The zero-order chi connectivity index (χ0) is 14.1. The van der Waals surface area contributed by atoms with E-state index in [0.717, 1.165) is 25.5 Å². The molecule has 0 radical (unpaired) electrons. The van der Waals surface area contributed by atoms with Crippen molar-refractivity contribution in [1.29, 1.82) is 0 Å². The van der Waals surface area contributed by atoms with Crippen molar-refractivity contribution in [1.82, 2.24) is 10.6 Å². The number of hydrogen-bond acceptors (Lipinski definition) is 3. The van der Waals surface area contributed by atoms with Crippen molar-refractivity contribution in [2.24, 2.45) is 4.99 Å². The van der Waals surface area contributed by atoms with Crippen LogP contribution in [-0.2, 0) is 6.42 Å². The van der Waals surface area contributed by atoms with E-state index in [0.29, 0.717) is 12.0 Å². The Balaban J connectivity index is 1.70. The summed E-state index contributed by atoms with van der Waals surface area (Å²) in [5, 5.41) is 6.95. The highest BCUT2D eigenvalue weighted by Crippen LogP contribution is 2.42. The lowest BCUT2D eigenvalue weighted by Gasteiger charge is -2.23. The smallest absolute Gasteiger partial charge is 0.191 e. The lowest BCUT2D eigenvalue weighted by Crippen LogP contribution is -2.37. The standard InChI is InChI=1S/C18H19N3/c1-2-6-13(7-3-1)16-12-14-8-4-5-9-15(14)17(16)21-18-19-10-11-20-18/h1-9,16-17H,10-12H2,(H2,19,20,21). The Hall–Kier alpha value is -2.29. The summed E-state index contributed by atoms with van der Waals surface area (Å²) in [7, 11) is 0. The Morgan fingerprint density at radius 2 is 1.81 bits per heavy atom. The van der Waals surface area contributed by atoms with Gasteiger partial charge in [0.15, 0.2) is 5.96 Å². The summed E-state index contributed by atoms with van der Waals surface area (Å²) in [5.41, 5.74) is 4.25. The number of rotatable bonds is 2. The molecule has 1 aliphatic carbocycles. The van der Waals surface area contributed by atoms with Crippen LogP contribution < -0.4 is 10.6 Å². The second-order valence-corrected chi connectivity index (χ2v) is 5.70. The fourth-order valence-electron chi connectivity index (χ4n) is 3.43. The molecule has 1 aliphatic heterocycles. The Morgan fingerprint density at radius 1 is 1.00 bits per heavy atom. The molecule has 0 saturated carbocycles. The van der Waals surface area contributed by atoms with Gasteiger partial charge in [-0.15, -0.1) is 0 Å². The predicted octanol–water partition coefficient (Wildman–Crippen LogP) is 2.62. The Morgan fingerprint density at radius 3 is 2.62 bits per heavy atom. The van der Waals surface area contributed by atoms with Gasteiger partial charge < -0.3 is 10.6 Å². The molecule has 0 bridgehead atoms. The summed E-state index contributed by atoms with van der Waals surface area (Å²) in [4.78, 5) is 4.49. The van der Waals surface area contributed by atoms with Gasteiger partial charge in [-0.3, -0.25) is 4.99 Å². The van der Waals surface area contributed by atoms with Gasteiger partial charge in [-0.25, -0.2) is 0 Å². The number of guanidine groups is 1. The topological polar surface area (TPSA) is 36.4 Å². The third kappa shape index (κ3) is 2.29. The summed E-state index contributed by atoms with van der Waals surface area (Å²) in [6.45, 7) is 1.80. The Labute approximate surface area is 125 Å². The molecule has 106 valence electrons. The van der Waals surface area contributed by atoms with E-state index in [9.17, 15) is 0 Å². The maximum atomic E-state index is 4.49. The number of nitrogens with zero attached hydrogens (tertiary/aromatic N) is 1. The van der Waals surface area contributed by atoms with E-state index in [4.69, 9.17) is 0 Å². The van der Waals surface area contributed by atoms with Crippen LogP contribution in [0.4, 0.5) is 0 Å². The van der Waals surface area contributed by atoms with Crippen molar-refractivity contribution < 1.29 is 0 Å². The van der Waals surface area contributed by atoms with E-state index in [1.165, 1.54) is 16.7 Å². The van der Waals surface area contributed by atoms with Crippen LogP contribution in [0.15, 0.2) is 59.6 Å². The molecule has 0 amide bonds. The third-order valence-corrected chi connectivity index (χ3v) is 4.43. The van der Waals surface area contributed by atoms with Gasteiger partial charge in [0, 0.05) is 12.5 Å². The highest BCUT2D eigenvalue weighted by molar-refractivity contribution is 5.82. The lowest BCUT2D eigenvalue weighted by molar-refractivity contribution is 0.546. The molecule has 2 aromatic rings. The van der Waals surface area contributed by atoms with Crippen molar-refractivity contribution in [3.8, 4) is 0 Å². The van der Waals surface area contributed by atoms with E-state index in [1.807, 2.05) is 0 Å². The summed E-state index contributed by atoms with van der Waals surface area (Å²) in [6, 6.07) is 19.8. The summed E-state index contributed by atoms with van der Waals surface area (Å²) in [5.74, 6) is 1.41. The number of benzene rings is 2. The number of fused-ring (bicyclic) bond motifs is 1. The molecule has 0 spiro atoms. The Bertz CT molecular complexity index is 663. The maximum absolute atomic E-state index is 4.49. The minimum Gasteiger partial charge on any atom is -0.355 e. The minimum absolute atomic E-state index is 0.299. The van der Waals surface area contributed by atoms with Gasteiger partial charge in [-0.1, -0.05) is 54.6 Å². The predicted molar refractivity (Wildman–Crippen MR) is 85.5 cm³/mol. The van der Waals surface area contributed by atoms with Crippen molar-refractivity contribution in [3.05, 3.63) is 71.3 Å². The second kappa shape index (κ2) is 5.24. The molecule has 2 aromatic carbocycles. The quantitative estimate of drug-likeness (QED) is 0.885. The average molecular weight is 277 g/mol. The van der Waals surface area contributed by atoms with Gasteiger partial charge in [0.2, 0.25) is 0 Å². The molecule has 3 heteroatoms. The number of nitrogens with one attached hydrogen (secondary N) is 2. The molecular formula is C18H19N3. The summed E-state index contributed by atoms with van der Waals surface area (Å²) >= 11 is 0. The van der Waals surface area contributed by atoms with Crippen LogP contribution >= 0.6 is 0 Å². The molecule has 21 heavy (non-hydrogen) atoms. The number of aliphatic imine (C=N–C) groups is 1. The molecule has 0 fully saturated rings. The molecule has 3 nitrogen and oxygen atoms in total. The summed E-state index contributed by atoms with van der Waals surface area (Å²) in [6.07, 6.45) is 1.09. The normalized spacial score (nSPS) is 23.3. The fourth-order valence-corrected chi connectivity index (χ4v) is 3.43. The van der Waals surface area contributed by atoms with Crippen LogP contribution in [-0.4, -0.2) is 19.0 Å². The van der Waals surface area contributed by atoms with E-state index in [2.05, 4.69) is 70.2 Å². The molecular weight excluding hydrogens is 258 g/mol. The highest BCUT2D eigenvalue weighted by Gasteiger charge is 2.34. The molecule has 2 unspecified atom stereocenters. The van der Waals surface area contributed by atoms with Crippen molar-refractivity contribution in [3.63, 3.8) is 0 Å². The van der Waals surface area contributed by atoms with Gasteiger partial charge >= 0.3 is 0 Å². The minimum atomic E-state index is 0.299. The van der Waals surface area contributed by atoms with Crippen LogP contribution in [0, 0.1) is 0 Å². The first-order chi connectivity index (χ1) is 10.4. The zero-order valence-electron chi connectivity index (χ0n) is 11.9. The van der Waals surface area contributed by atoms with Crippen molar-refractivity contribution in [2.75, 3.05) is 13.1 Å². The van der Waals surface area contributed by atoms with Crippen LogP contribution in [0.5, 0.6) is 0 Å². The average Bonchev–Trinajstić information content (AvgIpc) is 3.17. The van der Waals surface area contributed by atoms with Crippen LogP contribution in [0.1, 0.15) is 28.7 Å². The highest BCUT2D eigenvalue weighted by atomic mass is 15.2. The van der Waals surface area contributed by atoms with Crippen molar-refractivity contribution in [2.45, 2.75) is 18.4 Å². The maximum Gasteiger partial charge on any atom is 0.191 e. The first-order valence-electron chi connectivity index (χ1n) is 7.59. The SMILES string of the molecule is c1ccc(C2Cc3ccccc3C2NC2=NCCN2)cc1. The Kier molecular flexibility index (Phi) is 3.11. The molecule has 0 saturated heterocycles. The first kappa shape index (κ1) is 12.5. The monoisotopic (exact) mass is 277 g/mol. The zero-order valence-corrected chi connectivity index (χ0v) is 11.9. The van der Waals surface area contributed by atoms with Gasteiger partial charge in [0.1, 0.15) is 0 Å².